The second-order valence-corrected chi connectivity index (χ2v) is 11.2. The van der Waals surface area contributed by atoms with Crippen LogP contribution in [0.5, 0.6) is 0 Å². The van der Waals surface area contributed by atoms with Crippen LogP contribution in [0.2, 0.25) is 0 Å². The van der Waals surface area contributed by atoms with Crippen molar-refractivity contribution in [2.45, 2.75) is 11.8 Å². The van der Waals surface area contributed by atoms with E-state index in [0.29, 0.717) is 6.61 Å². The highest BCUT2D eigenvalue weighted by atomic mass is 35.8. The van der Waals surface area contributed by atoms with E-state index in [4.69, 9.17) is 42.7 Å². The molecule has 0 spiro atoms. The van der Waals surface area contributed by atoms with Crippen LogP contribution in [-0.2, 0) is 9.47 Å². The average molecular weight is 248 g/mol. The van der Waals surface area contributed by atoms with Crippen molar-refractivity contribution in [3.8, 4) is 0 Å². The van der Waals surface area contributed by atoms with Crippen LogP contribution in [-0.4, -0.2) is 31.0 Å². The van der Waals surface area contributed by atoms with Crippen molar-refractivity contribution in [1.82, 2.24) is 0 Å². The highest BCUT2D eigenvalue weighted by Gasteiger charge is 2.37. The summed E-state index contributed by atoms with van der Waals surface area (Å²) < 4.78 is 10.2. The molecule has 70 valence electrons. The van der Waals surface area contributed by atoms with Crippen LogP contribution < -0.4 is 0 Å². The Hall–Kier alpha value is 0.747. The Labute approximate surface area is 86.5 Å². The van der Waals surface area contributed by atoms with Gasteiger partial charge in [0, 0.05) is 0 Å². The predicted molar refractivity (Wildman–Crippen MR) is 53.0 cm³/mol. The van der Waals surface area contributed by atoms with Crippen molar-refractivity contribution in [2.24, 2.45) is 0 Å². The van der Waals surface area contributed by atoms with E-state index in [1.165, 1.54) is 6.08 Å². The summed E-state index contributed by atoms with van der Waals surface area (Å²) in [5, 5.41) is 0. The summed E-state index contributed by atoms with van der Waals surface area (Å²) in [6.45, 7) is 4.77. The number of ether oxygens (including phenoxy) is 2. The molecule has 0 aromatic rings. The van der Waals surface area contributed by atoms with Crippen molar-refractivity contribution >= 4 is 39.2 Å². The van der Waals surface area contributed by atoms with Crippen molar-refractivity contribution in [3.05, 3.63) is 12.7 Å². The number of rotatable bonds is 5. The molecule has 0 aromatic heterocycles. The first kappa shape index (κ1) is 10.8. The fraction of sp³-hybridized carbons (Fsp3) is 0.667. The van der Waals surface area contributed by atoms with Crippen molar-refractivity contribution in [3.63, 3.8) is 0 Å². The number of hydrogen-bond acceptors (Lipinski definition) is 2. The Morgan fingerprint density at radius 3 is 2.58 bits per heavy atom. The molecule has 1 rings (SSSR count). The maximum absolute atomic E-state index is 5.74. The van der Waals surface area contributed by atoms with Gasteiger partial charge in [-0.15, -0.1) is 39.8 Å². The Balaban J connectivity index is 2.28. The zero-order chi connectivity index (χ0) is 9.19. The molecule has 0 amide bonds. The van der Waals surface area contributed by atoms with Gasteiger partial charge in [0.25, 0.3) is 0 Å². The molecule has 2 nitrogen and oxygen atoms in total. The summed E-state index contributed by atoms with van der Waals surface area (Å²) in [4.78, 5) is 0. The third-order valence-electron chi connectivity index (χ3n) is 1.40. The normalized spacial score (nSPS) is 25.1. The summed E-state index contributed by atoms with van der Waals surface area (Å²) in [7, 11) is 0. The van der Waals surface area contributed by atoms with Gasteiger partial charge in [0.2, 0.25) is 0 Å². The van der Waals surface area contributed by atoms with Gasteiger partial charge in [0.15, 0.2) is 0 Å². The molecule has 1 aliphatic rings. The summed E-state index contributed by atoms with van der Waals surface area (Å²) in [5.41, 5.74) is -0.438. The third kappa shape index (κ3) is 3.64. The fourth-order valence-corrected chi connectivity index (χ4v) is 2.59. The average Bonchev–Trinajstić information content (AvgIpc) is 2.69. The maximum atomic E-state index is 5.74. The van der Waals surface area contributed by atoms with Crippen LogP contribution in [0.3, 0.4) is 0 Å². The Morgan fingerprint density at radius 2 is 2.25 bits per heavy atom. The van der Waals surface area contributed by atoms with E-state index in [1.54, 1.807) is 0 Å². The summed E-state index contributed by atoms with van der Waals surface area (Å²) in [6, 6.07) is -2.80. The molecule has 0 saturated carbocycles. The molecule has 2 unspecified atom stereocenters. The van der Waals surface area contributed by atoms with Gasteiger partial charge in [-0.05, 0) is 0 Å². The second kappa shape index (κ2) is 4.31. The molecule has 12 heavy (non-hydrogen) atoms. The van der Waals surface area contributed by atoms with Crippen LogP contribution >= 0.6 is 33.2 Å². The van der Waals surface area contributed by atoms with Crippen LogP contribution in [0.25, 0.3) is 0 Å². The zero-order valence-corrected chi connectivity index (χ0v) is 9.57. The SMILES string of the molecule is C=CC(OCC1CO1)[Si](Cl)(Cl)Cl. The van der Waals surface area contributed by atoms with Crippen molar-refractivity contribution in [2.75, 3.05) is 13.2 Å². The van der Waals surface area contributed by atoms with Gasteiger partial charge in [0.1, 0.15) is 11.8 Å². The first-order valence-electron chi connectivity index (χ1n) is 3.46. The summed E-state index contributed by atoms with van der Waals surface area (Å²) in [6.07, 6.45) is 1.72. The van der Waals surface area contributed by atoms with E-state index in [1.807, 2.05) is 0 Å². The minimum Gasteiger partial charge on any atom is -0.371 e. The number of epoxide rings is 1. The van der Waals surface area contributed by atoms with Gasteiger partial charge in [-0.3, -0.25) is 0 Å². The van der Waals surface area contributed by atoms with Gasteiger partial charge in [0.05, 0.1) is 13.2 Å². The van der Waals surface area contributed by atoms with Gasteiger partial charge in [-0.2, -0.15) is 0 Å². The van der Waals surface area contributed by atoms with Crippen molar-refractivity contribution < 1.29 is 9.47 Å². The lowest BCUT2D eigenvalue weighted by atomic mass is 10.5. The second-order valence-electron chi connectivity index (χ2n) is 2.49. The summed E-state index contributed by atoms with van der Waals surface area (Å²) >= 11 is 17.2. The molecule has 0 bridgehead atoms. The molecule has 0 aromatic carbocycles. The van der Waals surface area contributed by atoms with E-state index >= 15 is 0 Å². The molecular weight excluding hydrogens is 239 g/mol. The Kier molecular flexibility index (Phi) is 3.89. The smallest absolute Gasteiger partial charge is 0.371 e. The van der Waals surface area contributed by atoms with Gasteiger partial charge in [-0.1, -0.05) is 6.08 Å². The molecule has 1 saturated heterocycles. The quantitative estimate of drug-likeness (QED) is 0.321. The van der Waals surface area contributed by atoms with Crippen molar-refractivity contribution in [1.29, 1.82) is 0 Å². The first-order valence-corrected chi connectivity index (χ1v) is 8.58. The number of hydrogen-bond donors (Lipinski definition) is 0. The molecule has 2 atom stereocenters. The topological polar surface area (TPSA) is 21.8 Å². The van der Waals surface area contributed by atoms with Gasteiger partial charge >= 0.3 is 6.00 Å². The minimum atomic E-state index is -2.80. The van der Waals surface area contributed by atoms with E-state index < -0.39 is 11.7 Å². The predicted octanol–water partition coefficient (Wildman–Crippen LogP) is 2.15. The van der Waals surface area contributed by atoms with E-state index in [-0.39, 0.29) is 6.10 Å². The van der Waals surface area contributed by atoms with Gasteiger partial charge < -0.3 is 9.47 Å². The van der Waals surface area contributed by atoms with E-state index in [0.717, 1.165) is 6.61 Å². The lowest BCUT2D eigenvalue weighted by molar-refractivity contribution is 0.115. The Morgan fingerprint density at radius 1 is 1.67 bits per heavy atom. The van der Waals surface area contributed by atoms with E-state index in [9.17, 15) is 0 Å². The van der Waals surface area contributed by atoms with E-state index in [2.05, 4.69) is 6.58 Å². The number of halogens is 3. The van der Waals surface area contributed by atoms with Crippen LogP contribution in [0.4, 0.5) is 0 Å². The molecule has 0 aliphatic carbocycles. The molecule has 1 aliphatic heterocycles. The first-order chi connectivity index (χ1) is 5.54. The standard InChI is InChI=1S/C6H9Cl3O2Si/c1-2-6(12(7,8)9)11-4-5-3-10-5/h2,5-6H,1,3-4H2. The third-order valence-corrected chi connectivity index (χ3v) is 4.38. The lowest BCUT2D eigenvalue weighted by Gasteiger charge is -2.18. The minimum absolute atomic E-state index is 0.189. The molecule has 1 heterocycles. The Bertz CT molecular complexity index is 167. The molecule has 6 heteroatoms. The fourth-order valence-electron chi connectivity index (χ4n) is 0.671. The molecular formula is C6H9Cl3O2Si. The highest BCUT2D eigenvalue weighted by molar-refractivity contribution is 7.65. The lowest BCUT2D eigenvalue weighted by Crippen LogP contribution is -2.33. The highest BCUT2D eigenvalue weighted by Crippen LogP contribution is 2.27. The maximum Gasteiger partial charge on any atom is 0.373 e. The van der Waals surface area contributed by atoms with Crippen LogP contribution in [0.15, 0.2) is 12.7 Å². The van der Waals surface area contributed by atoms with Gasteiger partial charge in [-0.25, -0.2) is 0 Å². The summed E-state index contributed by atoms with van der Waals surface area (Å²) in [5.74, 6) is 0. The molecule has 0 N–H and O–H groups in total. The van der Waals surface area contributed by atoms with Crippen LogP contribution in [0, 0.1) is 0 Å². The largest absolute Gasteiger partial charge is 0.373 e. The zero-order valence-electron chi connectivity index (χ0n) is 6.30. The molecule has 1 fully saturated rings. The monoisotopic (exact) mass is 246 g/mol. The van der Waals surface area contributed by atoms with Crippen LogP contribution in [0.1, 0.15) is 0 Å². The molecule has 0 radical (unpaired) electrons.